The van der Waals surface area contributed by atoms with Crippen molar-refractivity contribution in [3.63, 3.8) is 0 Å². The van der Waals surface area contributed by atoms with Crippen molar-refractivity contribution in [3.05, 3.63) is 17.5 Å². The van der Waals surface area contributed by atoms with Gasteiger partial charge in [0.05, 0.1) is 5.69 Å². The van der Waals surface area contributed by atoms with Crippen molar-refractivity contribution >= 4 is 5.91 Å². The highest BCUT2D eigenvalue weighted by atomic mass is 16.2. The molecule has 0 bridgehead atoms. The fourth-order valence-corrected chi connectivity index (χ4v) is 3.15. The van der Waals surface area contributed by atoms with Crippen molar-refractivity contribution in [3.8, 4) is 0 Å². The van der Waals surface area contributed by atoms with Gasteiger partial charge in [-0.25, -0.2) is 0 Å². The smallest absolute Gasteiger partial charge is 0.269 e. The molecular formula is C15H26N4O. The molecule has 1 heterocycles. The first-order valence-corrected chi connectivity index (χ1v) is 7.68. The Hall–Kier alpha value is -1.36. The van der Waals surface area contributed by atoms with E-state index >= 15 is 0 Å². The summed E-state index contributed by atoms with van der Waals surface area (Å²) in [6.45, 7) is 6.08. The molecule has 1 amide bonds. The Morgan fingerprint density at radius 2 is 2.15 bits per heavy atom. The fourth-order valence-electron chi connectivity index (χ4n) is 3.15. The summed E-state index contributed by atoms with van der Waals surface area (Å²) in [7, 11) is 0. The summed E-state index contributed by atoms with van der Waals surface area (Å²) < 4.78 is 1.76. The number of nitrogens with two attached hydrogens (primary N) is 1. The van der Waals surface area contributed by atoms with Gasteiger partial charge in [0.1, 0.15) is 5.69 Å². The first-order valence-electron chi connectivity index (χ1n) is 7.68. The van der Waals surface area contributed by atoms with Gasteiger partial charge in [-0.15, -0.1) is 0 Å². The monoisotopic (exact) mass is 278 g/mol. The molecule has 2 atom stereocenters. The lowest BCUT2D eigenvalue weighted by Gasteiger charge is -2.30. The second-order valence-corrected chi connectivity index (χ2v) is 5.74. The van der Waals surface area contributed by atoms with Crippen LogP contribution in [0.4, 0.5) is 0 Å². The minimum Gasteiger partial charge on any atom is -0.350 e. The van der Waals surface area contributed by atoms with Crippen molar-refractivity contribution in [2.24, 2.45) is 17.6 Å². The molecule has 0 aromatic carbocycles. The summed E-state index contributed by atoms with van der Waals surface area (Å²) in [4.78, 5) is 12.3. The number of hydrogen-bond acceptors (Lipinski definition) is 3. The van der Waals surface area contributed by atoms with E-state index in [9.17, 15) is 4.79 Å². The van der Waals surface area contributed by atoms with Crippen molar-refractivity contribution in [1.29, 1.82) is 0 Å². The Labute approximate surface area is 120 Å². The number of aromatic nitrogens is 2. The van der Waals surface area contributed by atoms with Crippen LogP contribution in [0.1, 0.15) is 48.8 Å². The highest BCUT2D eigenvalue weighted by molar-refractivity contribution is 5.92. The molecule has 2 unspecified atom stereocenters. The number of hydrogen-bond donors (Lipinski definition) is 2. The van der Waals surface area contributed by atoms with Crippen molar-refractivity contribution in [2.75, 3.05) is 13.1 Å². The average molecular weight is 278 g/mol. The molecule has 1 aliphatic carbocycles. The van der Waals surface area contributed by atoms with Gasteiger partial charge in [0.25, 0.3) is 5.91 Å². The number of amides is 1. The summed E-state index contributed by atoms with van der Waals surface area (Å²) in [5.41, 5.74) is 7.37. The number of rotatable bonds is 5. The summed E-state index contributed by atoms with van der Waals surface area (Å²) in [5.74, 6) is 1.06. The number of carbonyl (C=O) groups is 1. The molecule has 1 aliphatic rings. The van der Waals surface area contributed by atoms with Gasteiger partial charge in [-0.05, 0) is 51.1 Å². The second-order valence-electron chi connectivity index (χ2n) is 5.74. The summed E-state index contributed by atoms with van der Waals surface area (Å²) in [6.07, 6.45) is 4.90. The predicted molar refractivity (Wildman–Crippen MR) is 79.5 cm³/mol. The lowest BCUT2D eigenvalue weighted by molar-refractivity contribution is 0.0924. The van der Waals surface area contributed by atoms with E-state index in [4.69, 9.17) is 5.73 Å². The zero-order valence-corrected chi connectivity index (χ0v) is 12.6. The third kappa shape index (κ3) is 3.39. The molecule has 0 spiro atoms. The van der Waals surface area contributed by atoms with E-state index in [1.54, 1.807) is 4.68 Å². The highest BCUT2D eigenvalue weighted by Gasteiger charge is 2.24. The van der Waals surface area contributed by atoms with Gasteiger partial charge in [0.2, 0.25) is 0 Å². The first-order chi connectivity index (χ1) is 9.65. The van der Waals surface area contributed by atoms with Crippen LogP contribution in [0.5, 0.6) is 0 Å². The van der Waals surface area contributed by atoms with Gasteiger partial charge in [-0.1, -0.05) is 12.8 Å². The highest BCUT2D eigenvalue weighted by Crippen LogP contribution is 2.28. The molecule has 0 saturated heterocycles. The molecule has 1 aromatic rings. The minimum absolute atomic E-state index is 0.0196. The number of nitrogens with zero attached hydrogens (tertiary/aromatic N) is 2. The Kier molecular flexibility index (Phi) is 5.17. The molecule has 5 nitrogen and oxygen atoms in total. The van der Waals surface area contributed by atoms with Gasteiger partial charge in [0, 0.05) is 13.1 Å². The van der Waals surface area contributed by atoms with E-state index in [1.807, 2.05) is 19.9 Å². The SMILES string of the molecule is CCn1nc(C)cc1C(=O)NCC1CCCCC1CN. The molecule has 1 aromatic heterocycles. The van der Waals surface area contributed by atoms with Gasteiger partial charge in [0.15, 0.2) is 0 Å². The van der Waals surface area contributed by atoms with Crippen LogP contribution in [0.25, 0.3) is 0 Å². The molecule has 5 heteroatoms. The zero-order chi connectivity index (χ0) is 14.5. The lowest BCUT2D eigenvalue weighted by atomic mass is 9.79. The van der Waals surface area contributed by atoms with Crippen molar-refractivity contribution < 1.29 is 4.79 Å². The van der Waals surface area contributed by atoms with Crippen LogP contribution in [0, 0.1) is 18.8 Å². The summed E-state index contributed by atoms with van der Waals surface area (Å²) in [5, 5.41) is 7.38. The Balaban J connectivity index is 1.94. The van der Waals surface area contributed by atoms with Crippen LogP contribution in [0.2, 0.25) is 0 Å². The van der Waals surface area contributed by atoms with E-state index in [0.717, 1.165) is 18.8 Å². The van der Waals surface area contributed by atoms with Gasteiger partial charge >= 0.3 is 0 Å². The van der Waals surface area contributed by atoms with E-state index in [2.05, 4.69) is 10.4 Å². The Morgan fingerprint density at radius 1 is 1.45 bits per heavy atom. The molecule has 20 heavy (non-hydrogen) atoms. The molecule has 2 rings (SSSR count). The zero-order valence-electron chi connectivity index (χ0n) is 12.6. The maximum absolute atomic E-state index is 12.3. The normalized spacial score (nSPS) is 22.8. The Morgan fingerprint density at radius 3 is 2.80 bits per heavy atom. The van der Waals surface area contributed by atoms with E-state index in [-0.39, 0.29) is 5.91 Å². The van der Waals surface area contributed by atoms with E-state index in [0.29, 0.717) is 24.1 Å². The molecule has 1 fully saturated rings. The molecule has 3 N–H and O–H groups in total. The fraction of sp³-hybridized carbons (Fsp3) is 0.733. The second kappa shape index (κ2) is 6.88. The van der Waals surface area contributed by atoms with E-state index < -0.39 is 0 Å². The van der Waals surface area contributed by atoms with Gasteiger partial charge < -0.3 is 11.1 Å². The lowest BCUT2D eigenvalue weighted by Crippen LogP contribution is -2.37. The number of nitrogens with one attached hydrogen (secondary N) is 1. The minimum atomic E-state index is -0.0196. The molecule has 1 saturated carbocycles. The van der Waals surface area contributed by atoms with Gasteiger partial charge in [-0.2, -0.15) is 5.10 Å². The third-order valence-electron chi connectivity index (χ3n) is 4.33. The number of carbonyl (C=O) groups excluding carboxylic acids is 1. The maximum Gasteiger partial charge on any atom is 0.269 e. The summed E-state index contributed by atoms with van der Waals surface area (Å²) >= 11 is 0. The van der Waals surface area contributed by atoms with Crippen LogP contribution in [-0.2, 0) is 6.54 Å². The summed E-state index contributed by atoms with van der Waals surface area (Å²) in [6, 6.07) is 1.85. The van der Waals surface area contributed by atoms with Crippen LogP contribution in [-0.4, -0.2) is 28.8 Å². The molecule has 0 aliphatic heterocycles. The van der Waals surface area contributed by atoms with Crippen LogP contribution < -0.4 is 11.1 Å². The average Bonchev–Trinajstić information content (AvgIpc) is 2.86. The van der Waals surface area contributed by atoms with Crippen molar-refractivity contribution in [2.45, 2.75) is 46.1 Å². The number of aryl methyl sites for hydroxylation is 2. The largest absolute Gasteiger partial charge is 0.350 e. The predicted octanol–water partition coefficient (Wildman–Crippen LogP) is 1.71. The topological polar surface area (TPSA) is 72.9 Å². The maximum atomic E-state index is 12.3. The van der Waals surface area contributed by atoms with Crippen molar-refractivity contribution in [1.82, 2.24) is 15.1 Å². The van der Waals surface area contributed by atoms with E-state index in [1.165, 1.54) is 25.7 Å². The third-order valence-corrected chi connectivity index (χ3v) is 4.33. The van der Waals surface area contributed by atoms with Crippen LogP contribution in [0.3, 0.4) is 0 Å². The standard InChI is InChI=1S/C15H26N4O/c1-3-19-14(8-11(2)18-19)15(20)17-10-13-7-5-4-6-12(13)9-16/h8,12-13H,3-7,9-10,16H2,1-2H3,(H,17,20). The Bertz CT molecular complexity index is 455. The first kappa shape index (κ1) is 15.0. The molecular weight excluding hydrogens is 252 g/mol. The quantitative estimate of drug-likeness (QED) is 0.861. The van der Waals surface area contributed by atoms with Crippen LogP contribution in [0.15, 0.2) is 6.07 Å². The van der Waals surface area contributed by atoms with Crippen LogP contribution >= 0.6 is 0 Å². The molecule has 112 valence electrons. The molecule has 0 radical (unpaired) electrons. The van der Waals surface area contributed by atoms with Gasteiger partial charge in [-0.3, -0.25) is 9.48 Å².